The molecular formula is C12H19IN2O4. The van der Waals surface area contributed by atoms with Crippen LogP contribution in [0, 0.1) is 3.57 Å². The number of carbonyl (C=O) groups is 1. The maximum absolute atomic E-state index is 11.4. The first-order valence-corrected chi connectivity index (χ1v) is 6.94. The average Bonchev–Trinajstić information content (AvgIpc) is 2.69. The maximum Gasteiger partial charge on any atom is 0.407 e. The van der Waals surface area contributed by atoms with Crippen molar-refractivity contribution in [1.82, 2.24) is 10.3 Å². The highest BCUT2D eigenvalue weighted by Gasteiger charge is 2.22. The number of hydrogen-bond acceptors (Lipinski definition) is 4. The number of alkyl carbamates (subject to hydrolysis) is 1. The van der Waals surface area contributed by atoms with Crippen LogP contribution in [0.5, 0.6) is 0 Å². The summed E-state index contributed by atoms with van der Waals surface area (Å²) in [6.45, 7) is 5.15. The Morgan fingerprint density at radius 1 is 1.53 bits per heavy atom. The van der Waals surface area contributed by atoms with Crippen molar-refractivity contribution in [2.45, 2.75) is 38.6 Å². The van der Waals surface area contributed by atoms with Crippen LogP contribution >= 0.6 is 22.6 Å². The van der Waals surface area contributed by atoms with Gasteiger partial charge in [0.1, 0.15) is 17.8 Å². The molecule has 0 saturated carbocycles. The number of halogens is 1. The minimum atomic E-state index is -1.11. The zero-order chi connectivity index (χ0) is 14.6. The maximum atomic E-state index is 11.4. The summed E-state index contributed by atoms with van der Waals surface area (Å²) in [4.78, 5) is 14.2. The van der Waals surface area contributed by atoms with Crippen LogP contribution in [0.15, 0.2) is 12.3 Å². The molecule has 2 atom stereocenters. The number of rotatable bonds is 4. The second-order valence-corrected chi connectivity index (χ2v) is 6.41. The van der Waals surface area contributed by atoms with E-state index < -0.39 is 23.9 Å². The van der Waals surface area contributed by atoms with Crippen LogP contribution in [0.25, 0.3) is 0 Å². The molecule has 0 radical (unpaired) electrons. The highest BCUT2D eigenvalue weighted by Crippen LogP contribution is 2.17. The molecule has 19 heavy (non-hydrogen) atoms. The third-order valence-corrected chi connectivity index (χ3v) is 2.83. The van der Waals surface area contributed by atoms with Crippen LogP contribution < -0.4 is 5.32 Å². The largest absolute Gasteiger partial charge is 0.444 e. The Balaban J connectivity index is 2.43. The van der Waals surface area contributed by atoms with E-state index in [1.165, 1.54) is 0 Å². The van der Waals surface area contributed by atoms with E-state index in [1.54, 1.807) is 33.0 Å². The van der Waals surface area contributed by atoms with Gasteiger partial charge in [-0.2, -0.15) is 0 Å². The van der Waals surface area contributed by atoms with E-state index in [0.717, 1.165) is 3.57 Å². The van der Waals surface area contributed by atoms with Gasteiger partial charge >= 0.3 is 6.09 Å². The smallest absolute Gasteiger partial charge is 0.407 e. The second-order valence-electron chi connectivity index (χ2n) is 5.17. The highest BCUT2D eigenvalue weighted by atomic mass is 127. The molecule has 0 fully saturated rings. The van der Waals surface area contributed by atoms with Gasteiger partial charge in [0.25, 0.3) is 0 Å². The predicted octanol–water partition coefficient (Wildman–Crippen LogP) is 1.54. The minimum Gasteiger partial charge on any atom is -0.444 e. The van der Waals surface area contributed by atoms with Gasteiger partial charge in [0.05, 0.1) is 0 Å². The van der Waals surface area contributed by atoms with Gasteiger partial charge in [0.2, 0.25) is 0 Å². The average molecular weight is 382 g/mol. The lowest BCUT2D eigenvalue weighted by Crippen LogP contribution is -2.38. The van der Waals surface area contributed by atoms with E-state index in [9.17, 15) is 15.0 Å². The molecule has 0 aliphatic rings. The quantitative estimate of drug-likeness (QED) is 0.595. The fourth-order valence-corrected chi connectivity index (χ4v) is 1.87. The van der Waals surface area contributed by atoms with Gasteiger partial charge in [-0.3, -0.25) is 0 Å². The lowest BCUT2D eigenvalue weighted by Gasteiger charge is -2.21. The summed E-state index contributed by atoms with van der Waals surface area (Å²) in [6.07, 6.45) is -1.10. The van der Waals surface area contributed by atoms with Gasteiger partial charge in [-0.25, -0.2) is 4.79 Å². The Labute approximate surface area is 125 Å². The molecule has 4 N–H and O–H groups in total. The number of amides is 1. The van der Waals surface area contributed by atoms with Crippen molar-refractivity contribution < 1.29 is 19.7 Å². The van der Waals surface area contributed by atoms with Crippen LogP contribution in [0.2, 0.25) is 0 Å². The Morgan fingerprint density at radius 2 is 2.16 bits per heavy atom. The van der Waals surface area contributed by atoms with Crippen molar-refractivity contribution in [3.8, 4) is 0 Å². The molecule has 1 aromatic heterocycles. The Kier molecular flexibility index (Phi) is 5.63. The minimum absolute atomic E-state index is 0.0916. The number of hydrogen-bond donors (Lipinski definition) is 4. The predicted molar refractivity (Wildman–Crippen MR) is 78.7 cm³/mol. The second kappa shape index (κ2) is 6.58. The number of aliphatic hydroxyl groups excluding tert-OH is 2. The summed E-state index contributed by atoms with van der Waals surface area (Å²) >= 11 is 2.09. The molecule has 2 unspecified atom stereocenters. The molecule has 7 heteroatoms. The zero-order valence-electron chi connectivity index (χ0n) is 11.1. The van der Waals surface area contributed by atoms with Crippen molar-refractivity contribution in [2.24, 2.45) is 0 Å². The van der Waals surface area contributed by atoms with Crippen LogP contribution in [-0.2, 0) is 4.74 Å². The molecule has 0 aliphatic carbocycles. The lowest BCUT2D eigenvalue weighted by atomic mass is 10.1. The molecule has 1 heterocycles. The van der Waals surface area contributed by atoms with Crippen LogP contribution in [0.3, 0.4) is 0 Å². The standard InChI is InChI=1S/C12H19IN2O4/c1-12(2,3)19-11(18)15-6-9(16)10(17)8-4-7(13)5-14-8/h4-5,9-10,14,16-17H,6H2,1-3H3,(H,15,18). The SMILES string of the molecule is CC(C)(C)OC(=O)NCC(O)C(O)c1cc(I)c[nH]1. The van der Waals surface area contributed by atoms with Crippen molar-refractivity contribution >= 4 is 28.7 Å². The number of aromatic amines is 1. The summed E-state index contributed by atoms with van der Waals surface area (Å²) in [7, 11) is 0. The normalized spacial score (nSPS) is 14.8. The van der Waals surface area contributed by atoms with Gasteiger partial charge in [-0.1, -0.05) is 0 Å². The van der Waals surface area contributed by atoms with Gasteiger partial charge in [0, 0.05) is 22.0 Å². The highest BCUT2D eigenvalue weighted by molar-refractivity contribution is 14.1. The molecule has 0 bridgehead atoms. The first kappa shape index (κ1) is 16.3. The van der Waals surface area contributed by atoms with Crippen LogP contribution in [-0.4, -0.2) is 39.5 Å². The van der Waals surface area contributed by atoms with Crippen LogP contribution in [0.4, 0.5) is 4.79 Å². The summed E-state index contributed by atoms with van der Waals surface area (Å²) < 4.78 is 5.96. The molecule has 6 nitrogen and oxygen atoms in total. The van der Waals surface area contributed by atoms with E-state index in [2.05, 4.69) is 32.9 Å². The van der Waals surface area contributed by atoms with Crippen molar-refractivity contribution in [3.05, 3.63) is 21.5 Å². The fraction of sp³-hybridized carbons (Fsp3) is 0.583. The molecule has 0 saturated heterocycles. The molecule has 1 amide bonds. The first-order valence-electron chi connectivity index (χ1n) is 5.86. The number of carbonyl (C=O) groups excluding carboxylic acids is 1. The zero-order valence-corrected chi connectivity index (χ0v) is 13.3. The molecular weight excluding hydrogens is 363 g/mol. The first-order chi connectivity index (χ1) is 8.69. The van der Waals surface area contributed by atoms with Crippen LogP contribution in [0.1, 0.15) is 32.6 Å². The third kappa shape index (κ3) is 5.79. The van der Waals surface area contributed by atoms with Gasteiger partial charge in [0.15, 0.2) is 0 Å². The fourth-order valence-electron chi connectivity index (χ4n) is 1.38. The van der Waals surface area contributed by atoms with Crippen molar-refractivity contribution in [1.29, 1.82) is 0 Å². The molecule has 1 aromatic rings. The monoisotopic (exact) mass is 382 g/mol. The van der Waals surface area contributed by atoms with Gasteiger partial charge < -0.3 is 25.3 Å². The Bertz CT molecular complexity index is 428. The number of aromatic nitrogens is 1. The van der Waals surface area contributed by atoms with E-state index in [4.69, 9.17) is 4.74 Å². The lowest BCUT2D eigenvalue weighted by molar-refractivity contribution is 0.0111. The molecule has 0 aliphatic heterocycles. The molecule has 1 rings (SSSR count). The Morgan fingerprint density at radius 3 is 2.63 bits per heavy atom. The van der Waals surface area contributed by atoms with Gasteiger partial charge in [-0.15, -0.1) is 0 Å². The Hall–Kier alpha value is -0.800. The van der Waals surface area contributed by atoms with E-state index in [-0.39, 0.29) is 6.54 Å². The molecule has 0 aromatic carbocycles. The topological polar surface area (TPSA) is 94.6 Å². The van der Waals surface area contributed by atoms with Crippen molar-refractivity contribution in [2.75, 3.05) is 6.54 Å². The van der Waals surface area contributed by atoms with E-state index in [1.807, 2.05) is 0 Å². The summed E-state index contributed by atoms with van der Waals surface area (Å²) in [6, 6.07) is 1.72. The number of nitrogens with one attached hydrogen (secondary N) is 2. The third-order valence-electron chi connectivity index (χ3n) is 2.21. The number of ether oxygens (including phenoxy) is 1. The molecule has 108 valence electrons. The number of aliphatic hydroxyl groups is 2. The summed E-state index contributed by atoms with van der Waals surface area (Å²) in [5.74, 6) is 0. The summed E-state index contributed by atoms with van der Waals surface area (Å²) in [5.41, 5.74) is -0.0914. The summed E-state index contributed by atoms with van der Waals surface area (Å²) in [5, 5.41) is 22.1. The van der Waals surface area contributed by atoms with E-state index >= 15 is 0 Å². The molecule has 0 spiro atoms. The van der Waals surface area contributed by atoms with Gasteiger partial charge in [-0.05, 0) is 49.4 Å². The number of H-pyrrole nitrogens is 1. The van der Waals surface area contributed by atoms with Crippen molar-refractivity contribution in [3.63, 3.8) is 0 Å². The van der Waals surface area contributed by atoms with E-state index in [0.29, 0.717) is 5.69 Å².